The molecule has 0 radical (unpaired) electrons. The normalized spacial score (nSPS) is 15.3. The van der Waals surface area contributed by atoms with E-state index in [1.807, 2.05) is 21.3 Å². The zero-order valence-electron chi connectivity index (χ0n) is 21.4. The Morgan fingerprint density at radius 2 is 0.610 bits per heavy atom. The summed E-state index contributed by atoms with van der Waals surface area (Å²) >= 11 is 0. The van der Waals surface area contributed by atoms with Gasteiger partial charge >= 0.3 is 0 Å². The summed E-state index contributed by atoms with van der Waals surface area (Å²) in [5, 5.41) is 49.5. The second-order valence-corrected chi connectivity index (χ2v) is 7.40. The minimum Gasteiger partial charge on any atom is -0.481 e. The number of aliphatic hydroxyl groups excluding tert-OH is 4. The molecule has 8 amide bonds. The van der Waals surface area contributed by atoms with E-state index < -0.39 is 37.8 Å². The summed E-state index contributed by atoms with van der Waals surface area (Å²) in [7, 11) is 0. The Balaban J connectivity index is 0. The number of hydrogen-bond donors (Lipinski definition) is 9. The molecule has 0 aromatic rings. The molecular weight excluding hydrogens is 556 g/mol. The van der Waals surface area contributed by atoms with Crippen LogP contribution in [0.3, 0.4) is 0 Å². The summed E-state index contributed by atoms with van der Waals surface area (Å²) in [6, 6.07) is 0. The molecule has 0 saturated heterocycles. The number of carboxylic acids is 1. The molecule has 0 saturated carbocycles. The van der Waals surface area contributed by atoms with Crippen molar-refractivity contribution in [1.82, 2.24) is 21.3 Å². The van der Waals surface area contributed by atoms with Crippen molar-refractivity contribution in [3.05, 3.63) is 48.6 Å². The average Bonchev–Trinajstić information content (AvgIpc) is 3.68. The Morgan fingerprint density at radius 3 is 0.634 bits per heavy atom. The lowest BCUT2D eigenvalue weighted by Gasteiger charge is -2.23. The van der Waals surface area contributed by atoms with E-state index >= 15 is 0 Å². The first-order valence-corrected chi connectivity index (χ1v) is 10.9. The maximum absolute atomic E-state index is 10.0. The number of rotatable bonds is 4. The van der Waals surface area contributed by atoms with Crippen LogP contribution in [0.25, 0.3) is 0 Å². The van der Waals surface area contributed by atoms with Gasteiger partial charge in [0.05, 0.1) is 31.8 Å². The number of nitrogens with one attached hydrogen (secondary N) is 4. The predicted octanol–water partition coefficient (Wildman–Crippen LogP) is -5.17. The minimum absolute atomic E-state index is 0.329. The molecule has 4 aliphatic rings. The standard InChI is InChI=1S/C5H12O4.4C4H3NO2.C2H4O2/c6-1-5(2-7,3-8)4-9;4*6-3-1-2-4(7)5-3;1-2(3)4/h6-9H,1-4H2;4*1-2H,(H,5,6,7);1H3,(H,3,4). The third-order valence-electron chi connectivity index (χ3n) is 3.87. The van der Waals surface area contributed by atoms with E-state index in [1.54, 1.807) is 0 Å². The van der Waals surface area contributed by atoms with E-state index in [9.17, 15) is 38.4 Å². The number of aliphatic carboxylic acids is 1. The van der Waals surface area contributed by atoms with Crippen molar-refractivity contribution >= 4 is 53.2 Å². The van der Waals surface area contributed by atoms with Crippen LogP contribution in [0.2, 0.25) is 0 Å². The summed E-state index contributed by atoms with van der Waals surface area (Å²) in [6.45, 7) is -0.542. The van der Waals surface area contributed by atoms with E-state index in [4.69, 9.17) is 30.3 Å². The van der Waals surface area contributed by atoms with Crippen LogP contribution in [0.4, 0.5) is 0 Å². The minimum atomic E-state index is -1.11. The summed E-state index contributed by atoms with van der Waals surface area (Å²) in [6.07, 6.45) is 9.57. The van der Waals surface area contributed by atoms with Gasteiger partial charge in [0.2, 0.25) is 0 Å². The smallest absolute Gasteiger partial charge is 0.300 e. The molecule has 0 aromatic heterocycles. The van der Waals surface area contributed by atoms with Crippen LogP contribution < -0.4 is 21.3 Å². The molecule has 4 heterocycles. The molecule has 0 fully saturated rings. The SMILES string of the molecule is CC(=O)O.O=C1C=CC(=O)N1.O=C1C=CC(=O)N1.O=C1C=CC(=O)N1.O=C1C=CC(=O)N1.OCC(CO)(CO)CO. The van der Waals surface area contributed by atoms with Gasteiger partial charge in [-0.25, -0.2) is 0 Å². The highest BCUT2D eigenvalue weighted by atomic mass is 16.4. The first kappa shape index (κ1) is 38.0. The zero-order chi connectivity index (χ0) is 32.0. The number of carbonyl (C=O) groups is 9. The first-order valence-electron chi connectivity index (χ1n) is 10.9. The molecular formula is C23H28N4O14. The van der Waals surface area contributed by atoms with E-state index in [1.165, 1.54) is 48.6 Å². The largest absolute Gasteiger partial charge is 0.481 e. The van der Waals surface area contributed by atoms with Crippen molar-refractivity contribution in [2.75, 3.05) is 26.4 Å². The third kappa shape index (κ3) is 20.5. The van der Waals surface area contributed by atoms with Gasteiger partial charge in [0.15, 0.2) is 0 Å². The van der Waals surface area contributed by atoms with Crippen LogP contribution in [0.1, 0.15) is 6.92 Å². The molecule has 18 heteroatoms. The van der Waals surface area contributed by atoms with Gasteiger partial charge in [-0.15, -0.1) is 0 Å². The lowest BCUT2D eigenvalue weighted by molar-refractivity contribution is -0.134. The number of imide groups is 4. The van der Waals surface area contributed by atoms with E-state index in [2.05, 4.69) is 0 Å². The highest BCUT2D eigenvalue weighted by Gasteiger charge is 2.26. The highest BCUT2D eigenvalue weighted by Crippen LogP contribution is 2.11. The lowest BCUT2D eigenvalue weighted by Crippen LogP contribution is -2.37. The van der Waals surface area contributed by atoms with Gasteiger partial charge in [0.1, 0.15) is 0 Å². The fraction of sp³-hybridized carbons (Fsp3) is 0.261. The van der Waals surface area contributed by atoms with Crippen molar-refractivity contribution in [1.29, 1.82) is 0 Å². The molecule has 0 bridgehead atoms. The van der Waals surface area contributed by atoms with Crippen LogP contribution in [-0.2, 0) is 43.2 Å². The Morgan fingerprint density at radius 1 is 0.488 bits per heavy atom. The summed E-state index contributed by atoms with van der Waals surface area (Å²) in [5.41, 5.74) is -1.11. The number of carbonyl (C=O) groups excluding carboxylic acids is 8. The molecule has 18 nitrogen and oxygen atoms in total. The van der Waals surface area contributed by atoms with Crippen LogP contribution in [0, 0.1) is 5.41 Å². The van der Waals surface area contributed by atoms with Crippen molar-refractivity contribution < 1.29 is 68.7 Å². The van der Waals surface area contributed by atoms with Gasteiger partial charge in [-0.2, -0.15) is 0 Å². The predicted molar refractivity (Wildman–Crippen MR) is 133 cm³/mol. The van der Waals surface area contributed by atoms with Gasteiger partial charge in [0, 0.05) is 55.5 Å². The molecule has 224 valence electrons. The Hall–Kier alpha value is -5.17. The topological polar surface area (TPSA) is 303 Å². The van der Waals surface area contributed by atoms with Gasteiger partial charge < -0.3 is 25.5 Å². The Kier molecular flexibility index (Phi) is 19.2. The number of amides is 8. The van der Waals surface area contributed by atoms with Crippen LogP contribution in [-0.4, -0.2) is 105 Å². The van der Waals surface area contributed by atoms with E-state index in [0.29, 0.717) is 0 Å². The van der Waals surface area contributed by atoms with Gasteiger partial charge in [-0.3, -0.25) is 64.4 Å². The second kappa shape index (κ2) is 20.7. The quantitative estimate of drug-likeness (QED) is 0.140. The maximum Gasteiger partial charge on any atom is 0.300 e. The van der Waals surface area contributed by atoms with E-state index in [0.717, 1.165) is 6.92 Å². The molecule has 0 unspecified atom stereocenters. The van der Waals surface area contributed by atoms with Crippen molar-refractivity contribution in [2.24, 2.45) is 5.41 Å². The lowest BCUT2D eigenvalue weighted by atomic mass is 9.93. The van der Waals surface area contributed by atoms with Crippen molar-refractivity contribution in [3.8, 4) is 0 Å². The molecule has 9 N–H and O–H groups in total. The molecule has 4 rings (SSSR count). The molecule has 41 heavy (non-hydrogen) atoms. The monoisotopic (exact) mass is 584 g/mol. The van der Waals surface area contributed by atoms with Gasteiger partial charge in [-0.05, 0) is 0 Å². The van der Waals surface area contributed by atoms with Crippen molar-refractivity contribution in [3.63, 3.8) is 0 Å². The summed E-state index contributed by atoms with van der Waals surface area (Å²) < 4.78 is 0. The molecule has 0 aliphatic carbocycles. The summed E-state index contributed by atoms with van der Waals surface area (Å²) in [4.78, 5) is 89.3. The number of aliphatic hydroxyl groups is 4. The molecule has 0 spiro atoms. The third-order valence-corrected chi connectivity index (χ3v) is 3.87. The van der Waals surface area contributed by atoms with E-state index in [-0.39, 0.29) is 47.3 Å². The van der Waals surface area contributed by atoms with Gasteiger partial charge in [-0.1, -0.05) is 0 Å². The zero-order valence-corrected chi connectivity index (χ0v) is 21.4. The number of hydrogen-bond acceptors (Lipinski definition) is 13. The molecule has 0 aromatic carbocycles. The molecule has 0 atom stereocenters. The fourth-order valence-corrected chi connectivity index (χ4v) is 1.72. The first-order chi connectivity index (χ1) is 19.1. The van der Waals surface area contributed by atoms with Crippen molar-refractivity contribution in [2.45, 2.75) is 6.92 Å². The second-order valence-electron chi connectivity index (χ2n) is 7.40. The molecule has 4 aliphatic heterocycles. The average molecular weight is 584 g/mol. The summed E-state index contributed by atoms with van der Waals surface area (Å²) in [5.74, 6) is -3.46. The fourth-order valence-electron chi connectivity index (χ4n) is 1.72. The van der Waals surface area contributed by atoms with Crippen LogP contribution in [0.15, 0.2) is 48.6 Å². The number of carboxylic acid groups (broad SMARTS) is 1. The maximum atomic E-state index is 10.0. The Bertz CT molecular complexity index is 904. The van der Waals surface area contributed by atoms with Crippen LogP contribution >= 0.6 is 0 Å². The Labute approximate surface area is 231 Å². The van der Waals surface area contributed by atoms with Crippen LogP contribution in [0.5, 0.6) is 0 Å². The highest BCUT2D eigenvalue weighted by molar-refractivity contribution is 6.14. The van der Waals surface area contributed by atoms with Gasteiger partial charge in [0.25, 0.3) is 53.2 Å².